The van der Waals surface area contributed by atoms with Crippen LogP contribution in [0.1, 0.15) is 68.9 Å². The molecule has 3 rings (SSSR count). The van der Waals surface area contributed by atoms with Crippen LogP contribution in [0, 0.1) is 5.92 Å². The highest BCUT2D eigenvalue weighted by atomic mass is 35.5. The van der Waals surface area contributed by atoms with Crippen molar-refractivity contribution in [2.24, 2.45) is 5.92 Å². The second kappa shape index (κ2) is 5.64. The van der Waals surface area contributed by atoms with Gasteiger partial charge in [-0.2, -0.15) is 0 Å². The van der Waals surface area contributed by atoms with Gasteiger partial charge >= 0.3 is 0 Å². The number of anilines is 1. The zero-order valence-corrected chi connectivity index (χ0v) is 13.7. The SMILES string of the molecule is CC1(C)C(=O)Nc2ccc(C(Cl)CCC3CCCC3)cc21. The molecule has 0 bridgehead atoms. The Balaban J connectivity index is 1.71. The van der Waals surface area contributed by atoms with E-state index in [-0.39, 0.29) is 11.3 Å². The number of carbonyl (C=O) groups excluding carboxylic acids is 1. The van der Waals surface area contributed by atoms with Crippen LogP contribution in [-0.2, 0) is 10.2 Å². The summed E-state index contributed by atoms with van der Waals surface area (Å²) in [4.78, 5) is 12.0. The highest BCUT2D eigenvalue weighted by Crippen LogP contribution is 2.40. The van der Waals surface area contributed by atoms with Gasteiger partial charge in [0, 0.05) is 5.69 Å². The average Bonchev–Trinajstić information content (AvgIpc) is 3.04. The van der Waals surface area contributed by atoms with Gasteiger partial charge < -0.3 is 5.32 Å². The van der Waals surface area contributed by atoms with E-state index in [9.17, 15) is 4.79 Å². The maximum atomic E-state index is 12.0. The first-order valence-electron chi connectivity index (χ1n) is 8.08. The summed E-state index contributed by atoms with van der Waals surface area (Å²) in [7, 11) is 0. The van der Waals surface area contributed by atoms with Crippen molar-refractivity contribution in [3.05, 3.63) is 29.3 Å². The molecule has 1 saturated carbocycles. The second-order valence-electron chi connectivity index (χ2n) is 7.08. The molecule has 0 saturated heterocycles. The molecule has 1 atom stereocenters. The number of fused-ring (bicyclic) bond motifs is 1. The number of carbonyl (C=O) groups is 1. The highest BCUT2D eigenvalue weighted by Gasteiger charge is 2.38. The molecule has 2 aliphatic rings. The van der Waals surface area contributed by atoms with Crippen LogP contribution in [0.3, 0.4) is 0 Å². The van der Waals surface area contributed by atoms with Crippen LogP contribution in [0.15, 0.2) is 18.2 Å². The van der Waals surface area contributed by atoms with Crippen molar-refractivity contribution in [2.75, 3.05) is 5.32 Å². The molecule has 1 fully saturated rings. The fourth-order valence-electron chi connectivity index (χ4n) is 3.63. The number of hydrogen-bond donors (Lipinski definition) is 1. The van der Waals surface area contributed by atoms with Gasteiger partial charge in [0.1, 0.15) is 0 Å². The van der Waals surface area contributed by atoms with Crippen LogP contribution in [0.2, 0.25) is 0 Å². The summed E-state index contributed by atoms with van der Waals surface area (Å²) in [6, 6.07) is 6.19. The normalized spacial score (nSPS) is 22.1. The van der Waals surface area contributed by atoms with Gasteiger partial charge in [-0.3, -0.25) is 4.79 Å². The van der Waals surface area contributed by atoms with E-state index in [0.717, 1.165) is 29.2 Å². The minimum absolute atomic E-state index is 0.0578. The van der Waals surface area contributed by atoms with E-state index in [1.165, 1.54) is 32.1 Å². The largest absolute Gasteiger partial charge is 0.325 e. The van der Waals surface area contributed by atoms with Crippen LogP contribution in [-0.4, -0.2) is 5.91 Å². The van der Waals surface area contributed by atoms with Crippen LogP contribution in [0.25, 0.3) is 0 Å². The Kier molecular flexibility index (Phi) is 4.00. The van der Waals surface area contributed by atoms with Gasteiger partial charge in [0.05, 0.1) is 10.8 Å². The molecule has 1 unspecified atom stereocenters. The molecule has 1 aliphatic heterocycles. The van der Waals surface area contributed by atoms with E-state index in [4.69, 9.17) is 11.6 Å². The summed E-state index contributed by atoms with van der Waals surface area (Å²) in [5.74, 6) is 0.951. The average molecular weight is 306 g/mol. The predicted octanol–water partition coefficient (Wildman–Crippen LogP) is 5.17. The van der Waals surface area contributed by atoms with E-state index in [1.54, 1.807) is 0 Å². The molecule has 21 heavy (non-hydrogen) atoms. The Bertz CT molecular complexity index is 546. The van der Waals surface area contributed by atoms with E-state index < -0.39 is 5.41 Å². The van der Waals surface area contributed by atoms with Crippen LogP contribution in [0.4, 0.5) is 5.69 Å². The van der Waals surface area contributed by atoms with Crippen LogP contribution in [0.5, 0.6) is 0 Å². The summed E-state index contributed by atoms with van der Waals surface area (Å²) in [5.41, 5.74) is 2.72. The van der Waals surface area contributed by atoms with Crippen molar-refractivity contribution >= 4 is 23.2 Å². The van der Waals surface area contributed by atoms with Gasteiger partial charge in [-0.05, 0) is 49.8 Å². The van der Waals surface area contributed by atoms with Gasteiger partial charge in [-0.15, -0.1) is 11.6 Å². The van der Waals surface area contributed by atoms with E-state index in [2.05, 4.69) is 17.4 Å². The van der Waals surface area contributed by atoms with Crippen molar-refractivity contribution in [3.8, 4) is 0 Å². The molecule has 1 heterocycles. The van der Waals surface area contributed by atoms with Crippen molar-refractivity contribution < 1.29 is 4.79 Å². The Hall–Kier alpha value is -1.02. The monoisotopic (exact) mass is 305 g/mol. The van der Waals surface area contributed by atoms with Crippen molar-refractivity contribution in [1.29, 1.82) is 0 Å². The maximum Gasteiger partial charge on any atom is 0.234 e. The molecule has 1 aliphatic carbocycles. The van der Waals surface area contributed by atoms with Gasteiger partial charge in [-0.1, -0.05) is 37.8 Å². The van der Waals surface area contributed by atoms with Gasteiger partial charge in [0.2, 0.25) is 5.91 Å². The Morgan fingerprint density at radius 1 is 1.33 bits per heavy atom. The lowest BCUT2D eigenvalue weighted by Gasteiger charge is -2.18. The first kappa shape index (κ1) is 14.9. The van der Waals surface area contributed by atoms with Crippen molar-refractivity contribution in [2.45, 2.75) is 63.2 Å². The molecule has 1 amide bonds. The van der Waals surface area contributed by atoms with Gasteiger partial charge in [-0.25, -0.2) is 0 Å². The molecule has 1 aromatic rings. The zero-order valence-electron chi connectivity index (χ0n) is 12.9. The number of halogens is 1. The summed E-state index contributed by atoms with van der Waals surface area (Å²) < 4.78 is 0. The summed E-state index contributed by atoms with van der Waals surface area (Å²) in [6.07, 6.45) is 7.79. The quantitative estimate of drug-likeness (QED) is 0.764. The Morgan fingerprint density at radius 2 is 2.05 bits per heavy atom. The first-order valence-corrected chi connectivity index (χ1v) is 8.52. The van der Waals surface area contributed by atoms with Crippen molar-refractivity contribution in [3.63, 3.8) is 0 Å². The molecule has 0 spiro atoms. The summed E-state index contributed by atoms with van der Waals surface area (Å²) in [5, 5.41) is 3.01. The zero-order chi connectivity index (χ0) is 15.0. The number of rotatable bonds is 4. The highest BCUT2D eigenvalue weighted by molar-refractivity contribution is 6.20. The lowest BCUT2D eigenvalue weighted by molar-refractivity contribution is -0.119. The van der Waals surface area contributed by atoms with E-state index >= 15 is 0 Å². The van der Waals surface area contributed by atoms with Crippen molar-refractivity contribution in [1.82, 2.24) is 0 Å². The molecule has 3 heteroatoms. The Labute approximate surface area is 132 Å². The third-order valence-corrected chi connectivity index (χ3v) is 5.67. The van der Waals surface area contributed by atoms with Gasteiger partial charge in [0.25, 0.3) is 0 Å². The molecule has 2 nitrogen and oxygen atoms in total. The third-order valence-electron chi connectivity index (χ3n) is 5.20. The number of alkyl halides is 1. The number of nitrogens with one attached hydrogen (secondary N) is 1. The van der Waals surface area contributed by atoms with E-state index in [0.29, 0.717) is 0 Å². The minimum Gasteiger partial charge on any atom is -0.325 e. The molecular weight excluding hydrogens is 282 g/mol. The maximum absolute atomic E-state index is 12.0. The number of amides is 1. The molecule has 114 valence electrons. The topological polar surface area (TPSA) is 29.1 Å². The predicted molar refractivity (Wildman–Crippen MR) is 87.9 cm³/mol. The standard InChI is InChI=1S/C18H24ClNO/c1-18(2)14-11-13(8-10-16(14)20-17(18)21)15(19)9-7-12-5-3-4-6-12/h8,10-12,15H,3-7,9H2,1-2H3,(H,20,21). The first-order chi connectivity index (χ1) is 9.98. The lowest BCUT2D eigenvalue weighted by Crippen LogP contribution is -2.26. The smallest absolute Gasteiger partial charge is 0.234 e. The third kappa shape index (κ3) is 2.83. The summed E-state index contributed by atoms with van der Waals surface area (Å²) in [6.45, 7) is 3.94. The Morgan fingerprint density at radius 3 is 2.76 bits per heavy atom. The second-order valence-corrected chi connectivity index (χ2v) is 7.61. The molecule has 1 aromatic carbocycles. The molecule has 0 radical (unpaired) electrons. The lowest BCUT2D eigenvalue weighted by atomic mass is 9.85. The summed E-state index contributed by atoms with van der Waals surface area (Å²) >= 11 is 6.61. The molecule has 1 N–H and O–H groups in total. The fraction of sp³-hybridized carbons (Fsp3) is 0.611. The molecule has 0 aromatic heterocycles. The fourth-order valence-corrected chi connectivity index (χ4v) is 3.89. The number of hydrogen-bond acceptors (Lipinski definition) is 1. The number of benzene rings is 1. The molecular formula is C18H24ClNO. The van der Waals surface area contributed by atoms with Crippen LogP contribution < -0.4 is 5.32 Å². The van der Waals surface area contributed by atoms with Gasteiger partial charge in [0.15, 0.2) is 0 Å². The van der Waals surface area contributed by atoms with E-state index in [1.807, 2.05) is 19.9 Å². The van der Waals surface area contributed by atoms with Crippen LogP contribution >= 0.6 is 11.6 Å². The minimum atomic E-state index is -0.451.